The SMILES string of the molecule is Cc1ccc(/C=N\n2c(-c3ccc(Cl)cc3)n[nH]c2=S)cc1. The number of aryl methyl sites for hydroxylation is 1. The fraction of sp³-hybridized carbons (Fsp3) is 0.0625. The van der Waals surface area contributed by atoms with E-state index in [1.165, 1.54) is 5.56 Å². The number of hydrogen-bond acceptors (Lipinski definition) is 3. The molecular weight excluding hydrogens is 316 g/mol. The molecule has 0 saturated carbocycles. The summed E-state index contributed by atoms with van der Waals surface area (Å²) in [7, 11) is 0. The molecule has 0 aliphatic heterocycles. The van der Waals surface area contributed by atoms with Gasteiger partial charge in [0.1, 0.15) is 0 Å². The number of nitrogens with zero attached hydrogens (tertiary/aromatic N) is 3. The summed E-state index contributed by atoms with van der Waals surface area (Å²) >= 11 is 11.2. The maximum atomic E-state index is 5.91. The third-order valence-corrected chi connectivity index (χ3v) is 3.67. The zero-order valence-corrected chi connectivity index (χ0v) is 13.4. The Morgan fingerprint density at radius 1 is 1.14 bits per heavy atom. The summed E-state index contributed by atoms with van der Waals surface area (Å²) in [5.74, 6) is 0.644. The Morgan fingerprint density at radius 2 is 1.82 bits per heavy atom. The lowest BCUT2D eigenvalue weighted by Gasteiger charge is -2.01. The highest BCUT2D eigenvalue weighted by Gasteiger charge is 2.07. The van der Waals surface area contributed by atoms with Gasteiger partial charge in [0.15, 0.2) is 5.82 Å². The van der Waals surface area contributed by atoms with Crippen molar-refractivity contribution >= 4 is 30.0 Å². The van der Waals surface area contributed by atoms with E-state index in [0.29, 0.717) is 15.6 Å². The first-order valence-corrected chi connectivity index (χ1v) is 7.46. The minimum absolute atomic E-state index is 0.438. The molecule has 0 atom stereocenters. The minimum Gasteiger partial charge on any atom is -0.250 e. The van der Waals surface area contributed by atoms with Crippen molar-refractivity contribution in [3.8, 4) is 11.4 Å². The number of halogens is 1. The molecule has 22 heavy (non-hydrogen) atoms. The van der Waals surface area contributed by atoms with E-state index in [1.54, 1.807) is 10.9 Å². The zero-order chi connectivity index (χ0) is 15.5. The van der Waals surface area contributed by atoms with Gasteiger partial charge in [0.2, 0.25) is 4.77 Å². The fourth-order valence-corrected chi connectivity index (χ4v) is 2.27. The number of hydrogen-bond donors (Lipinski definition) is 1. The summed E-state index contributed by atoms with van der Waals surface area (Å²) in [4.78, 5) is 0. The van der Waals surface area contributed by atoms with E-state index in [9.17, 15) is 0 Å². The molecule has 1 N–H and O–H groups in total. The normalized spacial score (nSPS) is 11.2. The second-order valence-corrected chi connectivity index (χ2v) is 5.65. The van der Waals surface area contributed by atoms with E-state index in [2.05, 4.69) is 15.3 Å². The van der Waals surface area contributed by atoms with Gasteiger partial charge in [-0.05, 0) is 49.0 Å². The largest absolute Gasteiger partial charge is 0.250 e. The van der Waals surface area contributed by atoms with E-state index in [4.69, 9.17) is 23.8 Å². The average Bonchev–Trinajstić information content (AvgIpc) is 2.89. The third kappa shape index (κ3) is 3.16. The van der Waals surface area contributed by atoms with Crippen molar-refractivity contribution in [2.24, 2.45) is 5.10 Å². The van der Waals surface area contributed by atoms with Gasteiger partial charge in [-0.25, -0.2) is 5.10 Å². The predicted molar refractivity (Wildman–Crippen MR) is 92.0 cm³/mol. The van der Waals surface area contributed by atoms with Crippen LogP contribution in [0.15, 0.2) is 53.6 Å². The molecule has 0 fully saturated rings. The summed E-state index contributed by atoms with van der Waals surface area (Å²) in [5, 5.41) is 12.1. The number of H-pyrrole nitrogens is 1. The lowest BCUT2D eigenvalue weighted by atomic mass is 10.2. The second-order valence-electron chi connectivity index (χ2n) is 4.83. The van der Waals surface area contributed by atoms with Gasteiger partial charge >= 0.3 is 0 Å². The van der Waals surface area contributed by atoms with E-state index in [0.717, 1.165) is 11.1 Å². The molecule has 0 aliphatic carbocycles. The Kier molecular flexibility index (Phi) is 4.18. The molecule has 6 heteroatoms. The summed E-state index contributed by atoms with van der Waals surface area (Å²) in [6, 6.07) is 15.5. The van der Waals surface area contributed by atoms with Gasteiger partial charge in [0.05, 0.1) is 6.21 Å². The molecule has 0 bridgehead atoms. The highest BCUT2D eigenvalue weighted by Crippen LogP contribution is 2.19. The predicted octanol–water partition coefficient (Wildman–Crippen LogP) is 4.45. The smallest absolute Gasteiger partial charge is 0.216 e. The van der Waals surface area contributed by atoms with Crippen molar-refractivity contribution in [1.82, 2.24) is 14.9 Å². The molecule has 0 aliphatic rings. The van der Waals surface area contributed by atoms with E-state index >= 15 is 0 Å². The molecule has 0 amide bonds. The Morgan fingerprint density at radius 3 is 2.50 bits per heavy atom. The van der Waals surface area contributed by atoms with Crippen molar-refractivity contribution in [3.63, 3.8) is 0 Å². The van der Waals surface area contributed by atoms with Crippen LogP contribution in [0.2, 0.25) is 5.02 Å². The number of rotatable bonds is 3. The van der Waals surface area contributed by atoms with E-state index in [1.807, 2.05) is 55.5 Å². The monoisotopic (exact) mass is 328 g/mol. The van der Waals surface area contributed by atoms with Crippen LogP contribution in [0.3, 0.4) is 0 Å². The summed E-state index contributed by atoms with van der Waals surface area (Å²) < 4.78 is 2.03. The molecule has 3 aromatic rings. The van der Waals surface area contributed by atoms with Crippen LogP contribution in [0, 0.1) is 11.7 Å². The maximum Gasteiger partial charge on any atom is 0.216 e. The number of aromatic amines is 1. The Balaban J connectivity index is 1.97. The lowest BCUT2D eigenvalue weighted by Crippen LogP contribution is -1.95. The van der Waals surface area contributed by atoms with Gasteiger partial charge in [-0.2, -0.15) is 14.9 Å². The molecule has 0 unspecified atom stereocenters. The van der Waals surface area contributed by atoms with Crippen molar-refractivity contribution in [3.05, 3.63) is 69.5 Å². The summed E-state index contributed by atoms with van der Waals surface area (Å²) in [5.41, 5.74) is 3.09. The van der Waals surface area contributed by atoms with Gasteiger partial charge in [-0.1, -0.05) is 41.4 Å². The number of nitrogens with one attached hydrogen (secondary N) is 1. The first-order chi connectivity index (χ1) is 10.6. The van der Waals surface area contributed by atoms with Gasteiger partial charge in [0.25, 0.3) is 0 Å². The van der Waals surface area contributed by atoms with Gasteiger partial charge in [-0.15, -0.1) is 0 Å². The van der Waals surface area contributed by atoms with Crippen LogP contribution < -0.4 is 0 Å². The zero-order valence-electron chi connectivity index (χ0n) is 11.8. The molecule has 1 aromatic heterocycles. The van der Waals surface area contributed by atoms with Gasteiger partial charge < -0.3 is 0 Å². The number of aromatic nitrogens is 3. The quantitative estimate of drug-likeness (QED) is 0.570. The van der Waals surface area contributed by atoms with Crippen molar-refractivity contribution in [2.45, 2.75) is 6.92 Å². The first-order valence-electron chi connectivity index (χ1n) is 6.68. The van der Waals surface area contributed by atoms with E-state index < -0.39 is 0 Å². The molecular formula is C16H13ClN4S. The summed E-state index contributed by atoms with van der Waals surface area (Å²) in [6.07, 6.45) is 1.75. The van der Waals surface area contributed by atoms with Crippen LogP contribution in [-0.4, -0.2) is 21.1 Å². The standard InChI is InChI=1S/C16H13ClN4S/c1-11-2-4-12(5-3-11)10-18-21-15(19-20-16(21)22)13-6-8-14(17)9-7-13/h2-10H,1H3,(H,20,22)/b18-10-. The van der Waals surface area contributed by atoms with Crippen LogP contribution in [0.25, 0.3) is 11.4 Å². The molecule has 0 radical (unpaired) electrons. The van der Waals surface area contributed by atoms with Gasteiger partial charge in [-0.3, -0.25) is 0 Å². The molecule has 3 rings (SSSR count). The maximum absolute atomic E-state index is 5.91. The molecule has 4 nitrogen and oxygen atoms in total. The molecule has 2 aromatic carbocycles. The average molecular weight is 329 g/mol. The molecule has 0 spiro atoms. The van der Waals surface area contributed by atoms with Crippen molar-refractivity contribution in [1.29, 1.82) is 0 Å². The van der Waals surface area contributed by atoms with Crippen LogP contribution in [-0.2, 0) is 0 Å². The Bertz CT molecular complexity index is 860. The van der Waals surface area contributed by atoms with Crippen LogP contribution in [0.5, 0.6) is 0 Å². The second kappa shape index (κ2) is 6.25. The van der Waals surface area contributed by atoms with Gasteiger partial charge in [0, 0.05) is 10.6 Å². The fourth-order valence-electron chi connectivity index (χ4n) is 1.96. The van der Waals surface area contributed by atoms with Crippen LogP contribution in [0.1, 0.15) is 11.1 Å². The van der Waals surface area contributed by atoms with E-state index in [-0.39, 0.29) is 0 Å². The highest BCUT2D eigenvalue weighted by atomic mass is 35.5. The van der Waals surface area contributed by atoms with Crippen molar-refractivity contribution < 1.29 is 0 Å². The first kappa shape index (κ1) is 14.7. The Hall–Kier alpha value is -2.24. The highest BCUT2D eigenvalue weighted by molar-refractivity contribution is 7.71. The topological polar surface area (TPSA) is 46.0 Å². The third-order valence-electron chi connectivity index (χ3n) is 3.15. The summed E-state index contributed by atoms with van der Waals surface area (Å²) in [6.45, 7) is 2.05. The molecule has 110 valence electrons. The number of benzene rings is 2. The molecule has 0 saturated heterocycles. The van der Waals surface area contributed by atoms with Crippen LogP contribution in [0.4, 0.5) is 0 Å². The lowest BCUT2D eigenvalue weighted by molar-refractivity contribution is 0.871. The minimum atomic E-state index is 0.438. The van der Waals surface area contributed by atoms with Crippen LogP contribution >= 0.6 is 23.8 Å². The Labute approximate surface area is 138 Å². The molecule has 1 heterocycles. The van der Waals surface area contributed by atoms with Crippen molar-refractivity contribution in [2.75, 3.05) is 0 Å².